The molecule has 1 fully saturated rings. The number of benzene rings is 1. The minimum Gasteiger partial charge on any atom is -0.481 e. The maximum atomic E-state index is 13.6. The minimum absolute atomic E-state index is 0.242. The Hall–Kier alpha value is -1.92. The van der Waals surface area contributed by atoms with Gasteiger partial charge in [0.25, 0.3) is 0 Å². The molecule has 5 nitrogen and oxygen atoms in total. The SMILES string of the molecule is CCc1nn(C)c(Cl)c1CN1C[C@H](C(=O)O)[C@@H](c2cccc(F)c2)C1. The molecule has 0 bridgehead atoms. The summed E-state index contributed by atoms with van der Waals surface area (Å²) in [7, 11) is 1.80. The molecule has 0 radical (unpaired) electrons. The fourth-order valence-electron chi connectivity index (χ4n) is 3.60. The smallest absolute Gasteiger partial charge is 0.308 e. The van der Waals surface area contributed by atoms with Crippen molar-refractivity contribution in [2.75, 3.05) is 13.1 Å². The molecule has 0 saturated carbocycles. The van der Waals surface area contributed by atoms with E-state index >= 15 is 0 Å². The average Bonchev–Trinajstić information content (AvgIpc) is 3.12. The highest BCUT2D eigenvalue weighted by molar-refractivity contribution is 6.30. The fraction of sp³-hybridized carbons (Fsp3) is 0.444. The Morgan fingerprint density at radius 1 is 1.44 bits per heavy atom. The Kier molecular flexibility index (Phi) is 5.11. The average molecular weight is 366 g/mol. The first kappa shape index (κ1) is 17.9. The topological polar surface area (TPSA) is 58.4 Å². The zero-order valence-corrected chi connectivity index (χ0v) is 15.0. The number of carbonyl (C=O) groups is 1. The third-order valence-corrected chi connectivity index (χ3v) is 5.33. The van der Waals surface area contributed by atoms with Gasteiger partial charge in [0, 0.05) is 38.2 Å². The van der Waals surface area contributed by atoms with Crippen LogP contribution in [0.1, 0.15) is 29.7 Å². The lowest BCUT2D eigenvalue weighted by molar-refractivity contribution is -0.141. The number of carboxylic acids is 1. The molecule has 0 amide bonds. The summed E-state index contributed by atoms with van der Waals surface area (Å²) in [5, 5.41) is 14.6. The number of carboxylic acid groups (broad SMARTS) is 1. The number of nitrogens with zero attached hydrogens (tertiary/aromatic N) is 3. The summed E-state index contributed by atoms with van der Waals surface area (Å²) < 4.78 is 15.2. The first-order valence-electron chi connectivity index (χ1n) is 8.31. The predicted molar refractivity (Wildman–Crippen MR) is 93.1 cm³/mol. The zero-order valence-electron chi connectivity index (χ0n) is 14.2. The highest BCUT2D eigenvalue weighted by Crippen LogP contribution is 2.35. The monoisotopic (exact) mass is 365 g/mol. The molecule has 1 aliphatic heterocycles. The summed E-state index contributed by atoms with van der Waals surface area (Å²) in [5.41, 5.74) is 2.59. The largest absolute Gasteiger partial charge is 0.481 e. The zero-order chi connectivity index (χ0) is 18.1. The number of aliphatic carboxylic acids is 1. The third kappa shape index (κ3) is 3.55. The molecule has 2 aromatic rings. The maximum Gasteiger partial charge on any atom is 0.308 e. The van der Waals surface area contributed by atoms with Crippen molar-refractivity contribution in [2.24, 2.45) is 13.0 Å². The van der Waals surface area contributed by atoms with Crippen LogP contribution in [0.4, 0.5) is 4.39 Å². The van der Waals surface area contributed by atoms with Crippen LogP contribution in [0.15, 0.2) is 24.3 Å². The van der Waals surface area contributed by atoms with Gasteiger partial charge in [-0.25, -0.2) is 4.39 Å². The molecule has 1 saturated heterocycles. The number of hydrogen-bond donors (Lipinski definition) is 1. The lowest BCUT2D eigenvalue weighted by Crippen LogP contribution is -2.23. The van der Waals surface area contributed by atoms with Crippen LogP contribution in [0.3, 0.4) is 0 Å². The molecule has 25 heavy (non-hydrogen) atoms. The molecule has 2 atom stereocenters. The van der Waals surface area contributed by atoms with Crippen molar-refractivity contribution in [3.8, 4) is 0 Å². The van der Waals surface area contributed by atoms with E-state index in [-0.39, 0.29) is 11.7 Å². The molecule has 3 rings (SSSR count). The number of likely N-dealkylation sites (tertiary alicyclic amines) is 1. The van der Waals surface area contributed by atoms with E-state index in [1.165, 1.54) is 12.1 Å². The summed E-state index contributed by atoms with van der Waals surface area (Å²) in [6, 6.07) is 6.22. The molecular formula is C18H21ClFN3O2. The van der Waals surface area contributed by atoms with E-state index in [4.69, 9.17) is 11.6 Å². The van der Waals surface area contributed by atoms with Gasteiger partial charge in [0.05, 0.1) is 11.6 Å². The Bertz CT molecular complexity index is 793. The Balaban J connectivity index is 1.85. The van der Waals surface area contributed by atoms with Gasteiger partial charge in [0.2, 0.25) is 0 Å². The van der Waals surface area contributed by atoms with Gasteiger partial charge >= 0.3 is 5.97 Å². The van der Waals surface area contributed by atoms with Crippen molar-refractivity contribution in [2.45, 2.75) is 25.8 Å². The maximum absolute atomic E-state index is 13.6. The van der Waals surface area contributed by atoms with E-state index in [2.05, 4.69) is 10.00 Å². The normalized spacial score (nSPS) is 21.0. The summed E-state index contributed by atoms with van der Waals surface area (Å²) >= 11 is 6.35. The van der Waals surface area contributed by atoms with Crippen molar-refractivity contribution in [1.82, 2.24) is 14.7 Å². The molecule has 0 spiro atoms. The lowest BCUT2D eigenvalue weighted by Gasteiger charge is -2.16. The highest BCUT2D eigenvalue weighted by atomic mass is 35.5. The van der Waals surface area contributed by atoms with Gasteiger partial charge in [-0.05, 0) is 24.1 Å². The predicted octanol–water partition coefficient (Wildman–Crippen LogP) is 3.08. The van der Waals surface area contributed by atoms with Gasteiger partial charge in [-0.15, -0.1) is 0 Å². The van der Waals surface area contributed by atoms with E-state index < -0.39 is 11.9 Å². The van der Waals surface area contributed by atoms with Crippen LogP contribution in [0.2, 0.25) is 5.15 Å². The lowest BCUT2D eigenvalue weighted by atomic mass is 9.89. The van der Waals surface area contributed by atoms with Gasteiger partial charge in [-0.2, -0.15) is 5.10 Å². The standard InChI is InChI=1S/C18H21ClFN3O2/c1-3-16-15(17(19)22(2)21-16)10-23-8-13(14(9-23)18(24)25)11-5-4-6-12(20)7-11/h4-7,13-14H,3,8-10H2,1-2H3,(H,24,25)/t13-,14+/m1/s1. The molecule has 7 heteroatoms. The second-order valence-corrected chi connectivity index (χ2v) is 6.85. The van der Waals surface area contributed by atoms with Crippen LogP contribution in [-0.4, -0.2) is 38.8 Å². The van der Waals surface area contributed by atoms with Crippen molar-refractivity contribution < 1.29 is 14.3 Å². The third-order valence-electron chi connectivity index (χ3n) is 4.86. The minimum atomic E-state index is -0.857. The van der Waals surface area contributed by atoms with E-state index in [1.54, 1.807) is 23.9 Å². The van der Waals surface area contributed by atoms with Gasteiger partial charge in [-0.1, -0.05) is 30.7 Å². The first-order chi connectivity index (χ1) is 11.9. The van der Waals surface area contributed by atoms with Crippen LogP contribution in [0, 0.1) is 11.7 Å². The van der Waals surface area contributed by atoms with Crippen molar-refractivity contribution in [3.05, 3.63) is 52.1 Å². The van der Waals surface area contributed by atoms with Crippen LogP contribution < -0.4 is 0 Å². The van der Waals surface area contributed by atoms with Gasteiger partial charge in [0.1, 0.15) is 11.0 Å². The molecule has 134 valence electrons. The second kappa shape index (κ2) is 7.14. The summed E-state index contributed by atoms with van der Waals surface area (Å²) in [6.07, 6.45) is 0.763. The Morgan fingerprint density at radius 2 is 2.20 bits per heavy atom. The molecule has 0 aliphatic carbocycles. The van der Waals surface area contributed by atoms with Gasteiger partial charge < -0.3 is 5.11 Å². The number of aryl methyl sites for hydroxylation is 2. The highest BCUT2D eigenvalue weighted by Gasteiger charge is 2.39. The molecule has 1 N–H and O–H groups in total. The molecule has 1 aromatic heterocycles. The first-order valence-corrected chi connectivity index (χ1v) is 8.69. The van der Waals surface area contributed by atoms with E-state index in [1.807, 2.05) is 6.92 Å². The number of halogens is 2. The van der Waals surface area contributed by atoms with Gasteiger partial charge in [-0.3, -0.25) is 14.4 Å². The quantitative estimate of drug-likeness (QED) is 0.884. The van der Waals surface area contributed by atoms with Crippen LogP contribution in [0.25, 0.3) is 0 Å². The summed E-state index contributed by atoms with van der Waals surface area (Å²) in [5.74, 6) is -2.01. The molecule has 1 aromatic carbocycles. The van der Waals surface area contributed by atoms with Crippen molar-refractivity contribution in [3.63, 3.8) is 0 Å². The number of rotatable bonds is 5. The van der Waals surface area contributed by atoms with E-state index in [9.17, 15) is 14.3 Å². The molecule has 0 unspecified atom stereocenters. The fourth-order valence-corrected chi connectivity index (χ4v) is 3.81. The van der Waals surface area contributed by atoms with Crippen LogP contribution in [-0.2, 0) is 24.8 Å². The summed E-state index contributed by atoms with van der Waals surface area (Å²) in [4.78, 5) is 13.8. The van der Waals surface area contributed by atoms with Crippen LogP contribution in [0.5, 0.6) is 0 Å². The number of hydrogen-bond acceptors (Lipinski definition) is 3. The second-order valence-electron chi connectivity index (χ2n) is 6.49. The Labute approximate surface area is 151 Å². The van der Waals surface area contributed by atoms with E-state index in [0.29, 0.717) is 24.8 Å². The van der Waals surface area contributed by atoms with Crippen LogP contribution >= 0.6 is 11.6 Å². The molecule has 2 heterocycles. The van der Waals surface area contributed by atoms with Crippen molar-refractivity contribution in [1.29, 1.82) is 0 Å². The molecule has 1 aliphatic rings. The van der Waals surface area contributed by atoms with E-state index in [0.717, 1.165) is 23.2 Å². The van der Waals surface area contributed by atoms with Crippen molar-refractivity contribution >= 4 is 17.6 Å². The number of aromatic nitrogens is 2. The Morgan fingerprint density at radius 3 is 2.84 bits per heavy atom. The summed E-state index contributed by atoms with van der Waals surface area (Å²) in [6.45, 7) is 3.52. The van der Waals surface area contributed by atoms with Gasteiger partial charge in [0.15, 0.2) is 0 Å². The molecular weight excluding hydrogens is 345 g/mol.